The number of nitrogen functional groups attached to an aromatic ring is 1. The van der Waals surface area contributed by atoms with E-state index in [4.69, 9.17) is 10.5 Å². The van der Waals surface area contributed by atoms with Gasteiger partial charge in [0.2, 0.25) is 0 Å². The molecule has 0 spiro atoms. The minimum Gasteiger partial charge on any atom is -0.465 e. The Balaban J connectivity index is 2.24. The number of rotatable bonds is 4. The number of hydrogen-bond acceptors (Lipinski definition) is 4. The van der Waals surface area contributed by atoms with Crippen LogP contribution in [0, 0.1) is 5.92 Å². The minimum atomic E-state index is -0.385. The normalized spacial score (nSPS) is 14.5. The zero-order chi connectivity index (χ0) is 12.4. The highest BCUT2D eigenvalue weighted by molar-refractivity contribution is 5.98. The second kappa shape index (κ2) is 4.65. The number of anilines is 2. The maximum atomic E-state index is 11.5. The Labute approximate surface area is 101 Å². The molecule has 17 heavy (non-hydrogen) atoms. The molecule has 0 unspecified atom stereocenters. The summed E-state index contributed by atoms with van der Waals surface area (Å²) in [6.45, 7) is 0.995. The molecule has 1 saturated carbocycles. The van der Waals surface area contributed by atoms with Gasteiger partial charge in [-0.3, -0.25) is 0 Å². The van der Waals surface area contributed by atoms with Crippen LogP contribution in [0.4, 0.5) is 11.4 Å². The predicted molar refractivity (Wildman–Crippen MR) is 68.2 cm³/mol. The van der Waals surface area contributed by atoms with E-state index in [1.54, 1.807) is 6.07 Å². The summed E-state index contributed by atoms with van der Waals surface area (Å²) in [4.78, 5) is 13.6. The minimum absolute atomic E-state index is 0.385. The molecule has 4 nitrogen and oxygen atoms in total. The van der Waals surface area contributed by atoms with E-state index < -0.39 is 0 Å². The van der Waals surface area contributed by atoms with Crippen molar-refractivity contribution in [3.05, 3.63) is 23.8 Å². The summed E-state index contributed by atoms with van der Waals surface area (Å²) in [6, 6.07) is 5.46. The number of benzene rings is 1. The molecule has 0 bridgehead atoms. The summed E-state index contributed by atoms with van der Waals surface area (Å²) in [5.41, 5.74) is 7.86. The third-order valence-corrected chi connectivity index (χ3v) is 3.13. The number of nitrogens with two attached hydrogens (primary N) is 1. The number of hydrogen-bond donors (Lipinski definition) is 1. The summed E-state index contributed by atoms with van der Waals surface area (Å²) in [7, 11) is 3.37. The summed E-state index contributed by atoms with van der Waals surface area (Å²) in [5.74, 6) is 0.394. The van der Waals surface area contributed by atoms with Gasteiger partial charge in [-0.25, -0.2) is 4.79 Å². The van der Waals surface area contributed by atoms with E-state index in [9.17, 15) is 4.79 Å². The monoisotopic (exact) mass is 234 g/mol. The van der Waals surface area contributed by atoms with Crippen LogP contribution in [0.25, 0.3) is 0 Å². The smallest absolute Gasteiger partial charge is 0.340 e. The van der Waals surface area contributed by atoms with Crippen LogP contribution < -0.4 is 10.6 Å². The molecule has 0 saturated heterocycles. The van der Waals surface area contributed by atoms with Crippen LogP contribution in [0.2, 0.25) is 0 Å². The highest BCUT2D eigenvalue weighted by atomic mass is 16.5. The van der Waals surface area contributed by atoms with Gasteiger partial charge >= 0.3 is 5.97 Å². The van der Waals surface area contributed by atoms with E-state index in [0.717, 1.165) is 18.2 Å². The molecule has 2 rings (SSSR count). The lowest BCUT2D eigenvalue weighted by molar-refractivity contribution is 0.0602. The van der Waals surface area contributed by atoms with Crippen LogP contribution in [-0.2, 0) is 4.74 Å². The highest BCUT2D eigenvalue weighted by Gasteiger charge is 2.24. The number of esters is 1. The van der Waals surface area contributed by atoms with E-state index in [0.29, 0.717) is 11.3 Å². The molecule has 2 N–H and O–H groups in total. The summed E-state index contributed by atoms with van der Waals surface area (Å²) in [5, 5.41) is 0. The Morgan fingerprint density at radius 2 is 2.24 bits per heavy atom. The van der Waals surface area contributed by atoms with Gasteiger partial charge in [0.05, 0.1) is 24.0 Å². The van der Waals surface area contributed by atoms with Crippen LogP contribution in [0.5, 0.6) is 0 Å². The number of methoxy groups -OCH3 is 1. The lowest BCUT2D eigenvalue weighted by Crippen LogP contribution is -2.22. The largest absolute Gasteiger partial charge is 0.465 e. The molecule has 0 radical (unpaired) electrons. The van der Waals surface area contributed by atoms with Gasteiger partial charge in [-0.15, -0.1) is 0 Å². The first-order valence-electron chi connectivity index (χ1n) is 5.81. The van der Waals surface area contributed by atoms with Crippen molar-refractivity contribution in [1.29, 1.82) is 0 Å². The van der Waals surface area contributed by atoms with Gasteiger partial charge in [-0.2, -0.15) is 0 Å². The molecule has 1 aliphatic rings. The topological polar surface area (TPSA) is 55.6 Å². The lowest BCUT2D eigenvalue weighted by Gasteiger charge is -2.21. The van der Waals surface area contributed by atoms with Crippen molar-refractivity contribution in [3.8, 4) is 0 Å². The molecule has 1 aromatic rings. The molecule has 0 aromatic heterocycles. The SMILES string of the molecule is COC(=O)c1cccc(N(C)CC2CC2)c1N. The van der Waals surface area contributed by atoms with E-state index >= 15 is 0 Å². The molecule has 0 amide bonds. The zero-order valence-electron chi connectivity index (χ0n) is 10.3. The Morgan fingerprint density at radius 3 is 2.82 bits per heavy atom. The van der Waals surface area contributed by atoms with Gasteiger partial charge in [0, 0.05) is 13.6 Å². The third kappa shape index (κ3) is 2.52. The summed E-state index contributed by atoms with van der Waals surface area (Å²) in [6.07, 6.45) is 2.59. The predicted octanol–water partition coefficient (Wildman–Crippen LogP) is 1.90. The van der Waals surface area contributed by atoms with Crippen LogP contribution >= 0.6 is 0 Å². The fourth-order valence-corrected chi connectivity index (χ4v) is 1.96. The van der Waals surface area contributed by atoms with Crippen molar-refractivity contribution in [2.45, 2.75) is 12.8 Å². The van der Waals surface area contributed by atoms with Crippen LogP contribution in [0.3, 0.4) is 0 Å². The van der Waals surface area contributed by atoms with Gasteiger partial charge in [-0.1, -0.05) is 6.07 Å². The molecule has 1 fully saturated rings. The highest BCUT2D eigenvalue weighted by Crippen LogP contribution is 2.33. The molecule has 0 heterocycles. The van der Waals surface area contributed by atoms with Gasteiger partial charge in [0.25, 0.3) is 0 Å². The maximum absolute atomic E-state index is 11.5. The number of carbonyl (C=O) groups excluding carboxylic acids is 1. The van der Waals surface area contributed by atoms with Crippen molar-refractivity contribution in [2.75, 3.05) is 31.3 Å². The first-order chi connectivity index (χ1) is 8.13. The Kier molecular flexibility index (Phi) is 3.22. The first kappa shape index (κ1) is 11.8. The van der Waals surface area contributed by atoms with Gasteiger partial charge < -0.3 is 15.4 Å². The molecule has 1 aliphatic carbocycles. The molecule has 4 heteroatoms. The molecule has 1 aromatic carbocycles. The van der Waals surface area contributed by atoms with Crippen molar-refractivity contribution in [2.24, 2.45) is 5.92 Å². The van der Waals surface area contributed by atoms with Crippen LogP contribution in [-0.4, -0.2) is 26.7 Å². The second-order valence-electron chi connectivity index (χ2n) is 4.55. The van der Waals surface area contributed by atoms with Crippen molar-refractivity contribution >= 4 is 17.3 Å². The van der Waals surface area contributed by atoms with E-state index in [1.165, 1.54) is 20.0 Å². The van der Waals surface area contributed by atoms with Gasteiger partial charge in [-0.05, 0) is 30.9 Å². The fourth-order valence-electron chi connectivity index (χ4n) is 1.96. The van der Waals surface area contributed by atoms with Crippen molar-refractivity contribution < 1.29 is 9.53 Å². The molecule has 0 atom stereocenters. The van der Waals surface area contributed by atoms with Crippen LogP contribution in [0.1, 0.15) is 23.2 Å². The number of carbonyl (C=O) groups is 1. The molecule has 0 aliphatic heterocycles. The average molecular weight is 234 g/mol. The first-order valence-corrected chi connectivity index (χ1v) is 5.81. The molecular weight excluding hydrogens is 216 g/mol. The summed E-state index contributed by atoms with van der Waals surface area (Å²) >= 11 is 0. The summed E-state index contributed by atoms with van der Waals surface area (Å²) < 4.78 is 4.71. The third-order valence-electron chi connectivity index (χ3n) is 3.13. The van der Waals surface area contributed by atoms with Crippen molar-refractivity contribution in [1.82, 2.24) is 0 Å². The van der Waals surface area contributed by atoms with E-state index in [1.807, 2.05) is 19.2 Å². The Hall–Kier alpha value is -1.71. The van der Waals surface area contributed by atoms with E-state index in [2.05, 4.69) is 4.90 Å². The van der Waals surface area contributed by atoms with Crippen molar-refractivity contribution in [3.63, 3.8) is 0 Å². The standard InChI is InChI=1S/C13H18N2O2/c1-15(8-9-6-7-9)11-5-3-4-10(12(11)14)13(16)17-2/h3-5,9H,6-8,14H2,1-2H3. The Morgan fingerprint density at radius 1 is 1.53 bits per heavy atom. The lowest BCUT2D eigenvalue weighted by atomic mass is 10.1. The maximum Gasteiger partial charge on any atom is 0.340 e. The quantitative estimate of drug-likeness (QED) is 0.638. The second-order valence-corrected chi connectivity index (χ2v) is 4.55. The fraction of sp³-hybridized carbons (Fsp3) is 0.462. The number of ether oxygens (including phenoxy) is 1. The van der Waals surface area contributed by atoms with E-state index in [-0.39, 0.29) is 5.97 Å². The number of para-hydroxylation sites is 1. The van der Waals surface area contributed by atoms with Gasteiger partial charge in [0.1, 0.15) is 0 Å². The average Bonchev–Trinajstić information content (AvgIpc) is 3.12. The number of nitrogens with zero attached hydrogens (tertiary/aromatic N) is 1. The zero-order valence-corrected chi connectivity index (χ0v) is 10.3. The molecule has 92 valence electrons. The Bertz CT molecular complexity index is 427. The van der Waals surface area contributed by atoms with Gasteiger partial charge in [0.15, 0.2) is 0 Å². The van der Waals surface area contributed by atoms with Crippen LogP contribution in [0.15, 0.2) is 18.2 Å². The molecular formula is C13H18N2O2.